The molecule has 7 heteroatoms. The van der Waals surface area contributed by atoms with Crippen molar-refractivity contribution >= 4 is 39.5 Å². The third-order valence-electron chi connectivity index (χ3n) is 5.81. The van der Waals surface area contributed by atoms with E-state index in [-0.39, 0.29) is 0 Å². The van der Waals surface area contributed by atoms with E-state index < -0.39 is 0 Å². The molecular weight excluding hydrogens is 404 g/mol. The van der Waals surface area contributed by atoms with E-state index in [2.05, 4.69) is 50.9 Å². The minimum atomic E-state index is 0.337. The predicted octanol–water partition coefficient (Wildman–Crippen LogP) is 4.43. The second-order valence-electron chi connectivity index (χ2n) is 7.94. The maximum absolute atomic E-state index is 9.11. The summed E-state index contributed by atoms with van der Waals surface area (Å²) in [5.41, 5.74) is 11.3. The summed E-state index contributed by atoms with van der Waals surface area (Å²) in [5, 5.41) is 10.9. The Balaban J connectivity index is 1.53. The first kappa shape index (κ1) is 19.9. The lowest BCUT2D eigenvalue weighted by Crippen LogP contribution is -2.18. The van der Waals surface area contributed by atoms with Gasteiger partial charge in [0.05, 0.1) is 29.4 Å². The molecule has 2 aromatic heterocycles. The van der Waals surface area contributed by atoms with Crippen molar-refractivity contribution < 1.29 is 0 Å². The minimum absolute atomic E-state index is 0.337. The fraction of sp³-hybridized carbons (Fsp3) is 0.292. The van der Waals surface area contributed by atoms with Crippen LogP contribution in [0.5, 0.6) is 0 Å². The van der Waals surface area contributed by atoms with Crippen molar-refractivity contribution in [2.24, 2.45) is 0 Å². The van der Waals surface area contributed by atoms with Crippen molar-refractivity contribution in [2.75, 3.05) is 24.6 Å². The van der Waals surface area contributed by atoms with Gasteiger partial charge in [0.15, 0.2) is 11.0 Å². The Labute approximate surface area is 185 Å². The molecule has 0 atom stereocenters. The van der Waals surface area contributed by atoms with E-state index in [0.29, 0.717) is 23.6 Å². The van der Waals surface area contributed by atoms with Crippen molar-refractivity contribution in [3.8, 4) is 6.07 Å². The number of hydrogen-bond acceptors (Lipinski definition) is 6. The summed E-state index contributed by atoms with van der Waals surface area (Å²) in [4.78, 5) is 11.8. The van der Waals surface area contributed by atoms with Gasteiger partial charge in [-0.15, -0.1) is 0 Å². The number of anilines is 1. The molecule has 0 amide bonds. The topological polar surface area (TPSA) is 83.8 Å². The van der Waals surface area contributed by atoms with Gasteiger partial charge in [-0.2, -0.15) is 5.26 Å². The fourth-order valence-electron chi connectivity index (χ4n) is 4.32. The van der Waals surface area contributed by atoms with Gasteiger partial charge in [0, 0.05) is 11.9 Å². The molecule has 2 aromatic carbocycles. The van der Waals surface area contributed by atoms with Crippen molar-refractivity contribution in [1.82, 2.24) is 19.4 Å². The molecule has 5 rings (SSSR count). The van der Waals surface area contributed by atoms with Gasteiger partial charge >= 0.3 is 0 Å². The zero-order valence-electron chi connectivity index (χ0n) is 17.3. The Kier molecular flexibility index (Phi) is 5.49. The molecule has 4 aromatic rings. The molecule has 0 saturated carbocycles. The lowest BCUT2D eigenvalue weighted by molar-refractivity contribution is 0.331. The molecule has 6 nitrogen and oxygen atoms in total. The molecule has 0 radical (unpaired) electrons. The van der Waals surface area contributed by atoms with Gasteiger partial charge in [0.25, 0.3) is 0 Å². The monoisotopic (exact) mass is 428 g/mol. The number of aromatic nitrogens is 3. The number of pyridine rings is 1. The number of hydrogen-bond donors (Lipinski definition) is 1. The molecule has 0 spiro atoms. The third kappa shape index (κ3) is 3.97. The molecule has 0 aliphatic carbocycles. The van der Waals surface area contributed by atoms with E-state index >= 15 is 0 Å². The lowest BCUT2D eigenvalue weighted by atomic mass is 10.1. The molecule has 1 aliphatic heterocycles. The van der Waals surface area contributed by atoms with Crippen LogP contribution in [0, 0.1) is 11.3 Å². The number of thioether (sulfide) groups is 1. The highest BCUT2D eigenvalue weighted by Crippen LogP contribution is 2.32. The molecule has 1 saturated heterocycles. The largest absolute Gasteiger partial charge is 0.382 e. The van der Waals surface area contributed by atoms with Crippen molar-refractivity contribution in [3.05, 3.63) is 59.7 Å². The van der Waals surface area contributed by atoms with Crippen LogP contribution in [0.2, 0.25) is 0 Å². The minimum Gasteiger partial charge on any atom is -0.382 e. The average molecular weight is 429 g/mol. The Morgan fingerprint density at radius 3 is 2.42 bits per heavy atom. The van der Waals surface area contributed by atoms with Gasteiger partial charge < -0.3 is 10.3 Å². The van der Waals surface area contributed by atoms with Gasteiger partial charge in [-0.1, -0.05) is 54.2 Å². The van der Waals surface area contributed by atoms with E-state index in [1.54, 1.807) is 0 Å². The van der Waals surface area contributed by atoms with Crippen molar-refractivity contribution in [3.63, 3.8) is 0 Å². The quantitative estimate of drug-likeness (QED) is 0.458. The normalized spacial score (nSPS) is 14.4. The maximum atomic E-state index is 9.11. The fourth-order valence-corrected chi connectivity index (χ4v) is 4.98. The average Bonchev–Trinajstić information content (AvgIpc) is 3.42. The van der Waals surface area contributed by atoms with Crippen molar-refractivity contribution in [2.45, 2.75) is 31.1 Å². The lowest BCUT2D eigenvalue weighted by Gasteiger charge is -2.15. The number of likely N-dealkylation sites (tertiary alicyclic amines) is 1. The summed E-state index contributed by atoms with van der Waals surface area (Å²) in [7, 11) is 0. The van der Waals surface area contributed by atoms with E-state index in [9.17, 15) is 0 Å². The third-order valence-corrected chi connectivity index (χ3v) is 6.65. The summed E-state index contributed by atoms with van der Waals surface area (Å²) in [6.45, 7) is 4.08. The summed E-state index contributed by atoms with van der Waals surface area (Å²) in [5.74, 6) is 0.760. The van der Waals surface area contributed by atoms with E-state index in [1.165, 1.54) is 48.8 Å². The molecule has 3 heterocycles. The van der Waals surface area contributed by atoms with Crippen LogP contribution in [0.3, 0.4) is 0 Å². The number of nitrogens with two attached hydrogens (primary N) is 1. The molecule has 2 N–H and O–H groups in total. The standard InChI is InChI=1S/C24H24N6S/c25-11-14-31-24-28-21-22(19-5-1-2-6-20(19)27-23(21)26)30(24)16-18-9-7-17(8-10-18)15-29-12-3-4-13-29/h1-2,5-10H,3-4,12-16H2,(H2,26,27). The molecule has 1 aliphatic rings. The SMILES string of the molecule is N#CCSc1nc2c(N)nc3ccccc3c2n1Cc1ccc(CN2CCCC2)cc1. The van der Waals surface area contributed by atoms with Gasteiger partial charge in [-0.05, 0) is 43.1 Å². The van der Waals surface area contributed by atoms with Crippen LogP contribution in [0.15, 0.2) is 53.7 Å². The highest BCUT2D eigenvalue weighted by Gasteiger charge is 2.18. The first-order valence-corrected chi connectivity index (χ1v) is 11.6. The van der Waals surface area contributed by atoms with Crippen LogP contribution in [-0.4, -0.2) is 38.3 Å². The summed E-state index contributed by atoms with van der Waals surface area (Å²) >= 11 is 1.43. The number of nitrogens with zero attached hydrogens (tertiary/aromatic N) is 5. The molecule has 0 unspecified atom stereocenters. The van der Waals surface area contributed by atoms with E-state index in [1.807, 2.05) is 18.2 Å². The summed E-state index contributed by atoms with van der Waals surface area (Å²) in [6, 6.07) is 19.0. The Hall–Kier alpha value is -3.08. The summed E-state index contributed by atoms with van der Waals surface area (Å²) < 4.78 is 2.17. The van der Waals surface area contributed by atoms with Crippen LogP contribution in [0.1, 0.15) is 24.0 Å². The van der Waals surface area contributed by atoms with Crippen LogP contribution < -0.4 is 5.73 Å². The van der Waals surface area contributed by atoms with Crippen LogP contribution in [0.25, 0.3) is 21.9 Å². The van der Waals surface area contributed by atoms with Gasteiger partial charge in [0.1, 0.15) is 5.52 Å². The van der Waals surface area contributed by atoms with E-state index in [0.717, 1.165) is 28.1 Å². The highest BCUT2D eigenvalue weighted by molar-refractivity contribution is 7.99. The Morgan fingerprint density at radius 1 is 0.968 bits per heavy atom. The number of rotatable bonds is 6. The molecular formula is C24H24N6S. The predicted molar refractivity (Wildman–Crippen MR) is 126 cm³/mol. The first-order chi connectivity index (χ1) is 15.2. The van der Waals surface area contributed by atoms with Gasteiger partial charge in [0.2, 0.25) is 0 Å². The Morgan fingerprint density at radius 2 is 1.68 bits per heavy atom. The number of fused-ring (bicyclic) bond motifs is 3. The Bertz CT molecular complexity index is 1270. The molecule has 1 fully saturated rings. The number of para-hydroxylation sites is 1. The second-order valence-corrected chi connectivity index (χ2v) is 8.88. The molecule has 0 bridgehead atoms. The van der Waals surface area contributed by atoms with E-state index in [4.69, 9.17) is 16.0 Å². The van der Waals surface area contributed by atoms with Crippen LogP contribution >= 0.6 is 11.8 Å². The number of nitrogen functional groups attached to an aromatic ring is 1. The summed E-state index contributed by atoms with van der Waals surface area (Å²) in [6.07, 6.45) is 2.61. The molecule has 156 valence electrons. The van der Waals surface area contributed by atoms with Gasteiger partial charge in [-0.25, -0.2) is 9.97 Å². The zero-order valence-corrected chi connectivity index (χ0v) is 18.1. The van der Waals surface area contributed by atoms with Crippen molar-refractivity contribution in [1.29, 1.82) is 5.26 Å². The van der Waals surface area contributed by atoms with Crippen LogP contribution in [0.4, 0.5) is 5.82 Å². The molecule has 31 heavy (non-hydrogen) atoms. The first-order valence-electron chi connectivity index (χ1n) is 10.6. The van der Waals surface area contributed by atoms with Gasteiger partial charge in [-0.3, -0.25) is 4.90 Å². The smallest absolute Gasteiger partial charge is 0.170 e. The second kappa shape index (κ2) is 8.58. The maximum Gasteiger partial charge on any atom is 0.170 e. The number of benzene rings is 2. The zero-order chi connectivity index (χ0) is 21.2. The highest BCUT2D eigenvalue weighted by atomic mass is 32.2. The van der Waals surface area contributed by atoms with Crippen LogP contribution in [-0.2, 0) is 13.1 Å². The number of imidazole rings is 1. The number of nitriles is 1.